The second-order valence-electron chi connectivity index (χ2n) is 5.74. The molecule has 1 aliphatic carbocycles. The zero-order chi connectivity index (χ0) is 11.1. The maximum absolute atomic E-state index is 2.92. The Labute approximate surface area is 95.7 Å². The Morgan fingerprint density at radius 1 is 1.27 bits per heavy atom. The Morgan fingerprint density at radius 2 is 1.93 bits per heavy atom. The van der Waals surface area contributed by atoms with Gasteiger partial charge in [0.05, 0.1) is 0 Å². The van der Waals surface area contributed by atoms with Gasteiger partial charge in [0.1, 0.15) is 0 Å². The first-order valence-electron chi connectivity index (χ1n) is 5.82. The van der Waals surface area contributed by atoms with Crippen LogP contribution in [0.5, 0.6) is 0 Å². The van der Waals surface area contributed by atoms with Crippen molar-refractivity contribution in [2.45, 2.75) is 33.1 Å². The third-order valence-electron chi connectivity index (χ3n) is 3.58. The van der Waals surface area contributed by atoms with Crippen LogP contribution < -0.4 is 0 Å². The summed E-state index contributed by atoms with van der Waals surface area (Å²) in [5, 5.41) is 0. The first kappa shape index (κ1) is 11.1. The highest BCUT2D eigenvalue weighted by molar-refractivity contribution is 7.16. The van der Waals surface area contributed by atoms with Gasteiger partial charge in [0.2, 0.25) is 0 Å². The van der Waals surface area contributed by atoms with Gasteiger partial charge in [-0.1, -0.05) is 45.0 Å². The topological polar surface area (TPSA) is 0 Å². The summed E-state index contributed by atoms with van der Waals surface area (Å²) in [7, 11) is 2.92. The summed E-state index contributed by atoms with van der Waals surface area (Å²) in [4.78, 5) is 0. The largest absolute Gasteiger partial charge is 0.137 e. The van der Waals surface area contributed by atoms with E-state index in [0.29, 0.717) is 5.41 Å². The number of benzene rings is 1. The fourth-order valence-corrected chi connectivity index (χ4v) is 3.51. The van der Waals surface area contributed by atoms with Crippen LogP contribution in [0, 0.1) is 11.3 Å². The molecular weight excluding hydrogens is 199 g/mol. The third-order valence-corrected chi connectivity index (χ3v) is 4.18. The number of rotatable bonds is 1. The summed E-state index contributed by atoms with van der Waals surface area (Å²) in [5.41, 5.74) is 3.55. The van der Waals surface area contributed by atoms with Crippen LogP contribution in [0.2, 0.25) is 0 Å². The van der Waals surface area contributed by atoms with Gasteiger partial charge in [-0.2, -0.15) is 0 Å². The molecule has 0 fully saturated rings. The molecule has 0 radical (unpaired) electrons. The van der Waals surface area contributed by atoms with E-state index in [2.05, 4.69) is 54.3 Å². The predicted molar refractivity (Wildman–Crippen MR) is 70.4 cm³/mol. The lowest BCUT2D eigenvalue weighted by atomic mass is 9.73. The molecule has 0 aliphatic heterocycles. The van der Waals surface area contributed by atoms with Crippen LogP contribution in [0.4, 0.5) is 0 Å². The minimum absolute atomic E-state index is 0.383. The number of hydrogen-bond acceptors (Lipinski definition) is 0. The standard InChI is InChI=1S/C14H21P/c1-14(2,3)13-11(9-15)8-10-6-4-5-7-12(10)13/h4-7,11,13H,8-9,15H2,1-3H3. The molecular formula is C14H21P. The molecule has 0 heterocycles. The lowest BCUT2D eigenvalue weighted by Gasteiger charge is -2.32. The molecule has 0 aromatic heterocycles. The molecule has 0 spiro atoms. The Balaban J connectivity index is 2.43. The summed E-state index contributed by atoms with van der Waals surface area (Å²) in [5.74, 6) is 1.54. The molecule has 1 heteroatoms. The summed E-state index contributed by atoms with van der Waals surface area (Å²) in [6.45, 7) is 7.10. The summed E-state index contributed by atoms with van der Waals surface area (Å²) in [6, 6.07) is 8.98. The maximum Gasteiger partial charge on any atom is -0.00758 e. The number of fused-ring (bicyclic) bond motifs is 1. The molecule has 0 saturated carbocycles. The summed E-state index contributed by atoms with van der Waals surface area (Å²) < 4.78 is 0. The van der Waals surface area contributed by atoms with Crippen LogP contribution in [-0.4, -0.2) is 6.16 Å². The van der Waals surface area contributed by atoms with Crippen molar-refractivity contribution in [2.24, 2.45) is 11.3 Å². The highest BCUT2D eigenvalue weighted by Crippen LogP contribution is 2.48. The van der Waals surface area contributed by atoms with E-state index in [-0.39, 0.29) is 0 Å². The lowest BCUT2D eigenvalue weighted by molar-refractivity contribution is 0.266. The molecule has 0 N–H and O–H groups in total. The summed E-state index contributed by atoms with van der Waals surface area (Å²) in [6.07, 6.45) is 2.48. The molecule has 0 nitrogen and oxygen atoms in total. The average Bonchev–Trinajstić information content (AvgIpc) is 2.54. The van der Waals surface area contributed by atoms with Crippen molar-refractivity contribution in [3.63, 3.8) is 0 Å². The van der Waals surface area contributed by atoms with Crippen LogP contribution in [0.25, 0.3) is 0 Å². The van der Waals surface area contributed by atoms with Gasteiger partial charge in [0, 0.05) is 0 Å². The van der Waals surface area contributed by atoms with E-state index >= 15 is 0 Å². The zero-order valence-electron chi connectivity index (χ0n) is 9.96. The quantitative estimate of drug-likeness (QED) is 0.630. The van der Waals surface area contributed by atoms with Gasteiger partial charge in [-0.3, -0.25) is 0 Å². The molecule has 0 saturated heterocycles. The minimum atomic E-state index is 0.383. The molecule has 2 rings (SSSR count). The van der Waals surface area contributed by atoms with Crippen LogP contribution in [0.1, 0.15) is 37.8 Å². The van der Waals surface area contributed by atoms with Crippen molar-refractivity contribution < 1.29 is 0 Å². The molecule has 82 valence electrons. The van der Waals surface area contributed by atoms with E-state index in [9.17, 15) is 0 Å². The van der Waals surface area contributed by atoms with E-state index < -0.39 is 0 Å². The van der Waals surface area contributed by atoms with E-state index in [0.717, 1.165) is 11.8 Å². The third kappa shape index (κ3) is 1.97. The summed E-state index contributed by atoms with van der Waals surface area (Å²) >= 11 is 0. The molecule has 1 aromatic carbocycles. The van der Waals surface area contributed by atoms with Gasteiger partial charge >= 0.3 is 0 Å². The van der Waals surface area contributed by atoms with Crippen molar-refractivity contribution in [3.05, 3.63) is 35.4 Å². The Bertz CT molecular complexity index is 349. The second-order valence-corrected chi connectivity index (χ2v) is 6.21. The fraction of sp³-hybridized carbons (Fsp3) is 0.571. The zero-order valence-corrected chi connectivity index (χ0v) is 11.1. The normalized spacial score (nSPS) is 25.3. The molecule has 0 bridgehead atoms. The number of hydrogen-bond donors (Lipinski definition) is 0. The molecule has 15 heavy (non-hydrogen) atoms. The first-order valence-corrected chi connectivity index (χ1v) is 6.63. The molecule has 0 amide bonds. The predicted octanol–water partition coefficient (Wildman–Crippen LogP) is 3.86. The SMILES string of the molecule is CC(C)(C)C1c2ccccc2CC1CP. The Hall–Kier alpha value is -0.350. The molecule has 1 aliphatic rings. The Kier molecular flexibility index (Phi) is 2.90. The van der Waals surface area contributed by atoms with E-state index in [1.165, 1.54) is 12.6 Å². The van der Waals surface area contributed by atoms with Gasteiger partial charge in [-0.05, 0) is 41.0 Å². The highest BCUT2D eigenvalue weighted by atomic mass is 31.0. The van der Waals surface area contributed by atoms with E-state index in [4.69, 9.17) is 0 Å². The fourth-order valence-electron chi connectivity index (χ4n) is 3.07. The van der Waals surface area contributed by atoms with Crippen LogP contribution in [0.15, 0.2) is 24.3 Å². The van der Waals surface area contributed by atoms with Crippen molar-refractivity contribution in [1.82, 2.24) is 0 Å². The maximum atomic E-state index is 2.92. The smallest absolute Gasteiger partial charge is 0.00758 e. The second kappa shape index (κ2) is 3.91. The van der Waals surface area contributed by atoms with Crippen molar-refractivity contribution in [1.29, 1.82) is 0 Å². The van der Waals surface area contributed by atoms with Crippen LogP contribution in [0.3, 0.4) is 0 Å². The first-order chi connectivity index (χ1) is 7.04. The monoisotopic (exact) mass is 220 g/mol. The van der Waals surface area contributed by atoms with Gasteiger partial charge in [0.25, 0.3) is 0 Å². The highest BCUT2D eigenvalue weighted by Gasteiger charge is 2.38. The van der Waals surface area contributed by atoms with Gasteiger partial charge in [-0.15, -0.1) is 9.24 Å². The van der Waals surface area contributed by atoms with Crippen LogP contribution >= 0.6 is 9.24 Å². The van der Waals surface area contributed by atoms with Gasteiger partial charge < -0.3 is 0 Å². The van der Waals surface area contributed by atoms with Gasteiger partial charge in [0.15, 0.2) is 0 Å². The van der Waals surface area contributed by atoms with Crippen molar-refractivity contribution in [2.75, 3.05) is 6.16 Å². The van der Waals surface area contributed by atoms with Crippen molar-refractivity contribution >= 4 is 9.24 Å². The molecule has 3 atom stereocenters. The average molecular weight is 220 g/mol. The Morgan fingerprint density at radius 3 is 2.53 bits per heavy atom. The van der Waals surface area contributed by atoms with E-state index in [1.54, 1.807) is 11.1 Å². The molecule has 3 unspecified atom stereocenters. The molecule has 1 aromatic rings. The van der Waals surface area contributed by atoms with E-state index in [1.807, 2.05) is 0 Å². The van der Waals surface area contributed by atoms with Crippen LogP contribution in [-0.2, 0) is 6.42 Å². The van der Waals surface area contributed by atoms with Crippen molar-refractivity contribution in [3.8, 4) is 0 Å². The minimum Gasteiger partial charge on any atom is -0.137 e. The lowest BCUT2D eigenvalue weighted by Crippen LogP contribution is -2.23. The van der Waals surface area contributed by atoms with Gasteiger partial charge in [-0.25, -0.2) is 0 Å².